The van der Waals surface area contributed by atoms with Crippen LogP contribution in [-0.4, -0.2) is 52.4 Å². The van der Waals surface area contributed by atoms with Gasteiger partial charge >= 0.3 is 0 Å². The average Bonchev–Trinajstić information content (AvgIpc) is 2.49. The summed E-state index contributed by atoms with van der Waals surface area (Å²) in [6, 6.07) is 0. The highest BCUT2D eigenvalue weighted by Crippen LogP contribution is 2.21. The quantitative estimate of drug-likeness (QED) is 0.901. The van der Waals surface area contributed by atoms with Gasteiger partial charge in [-0.05, 0) is 37.7 Å². The zero-order valence-electron chi connectivity index (χ0n) is 12.1. The molecular weight excluding hydrogens is 272 g/mol. The Morgan fingerprint density at radius 1 is 1.40 bits per heavy atom. The molecule has 2 rings (SSSR count). The fraction of sp³-hybridized carbons (Fsp3) is 0.643. The molecule has 110 valence electrons. The van der Waals surface area contributed by atoms with Crippen molar-refractivity contribution in [2.75, 3.05) is 37.0 Å². The Bertz CT molecular complexity index is 429. The molecule has 0 spiro atoms. The van der Waals surface area contributed by atoms with E-state index in [1.807, 2.05) is 23.6 Å². The maximum absolute atomic E-state index is 12.4. The molecule has 1 N–H and O–H groups in total. The van der Waals surface area contributed by atoms with Crippen LogP contribution in [0.3, 0.4) is 0 Å². The number of likely N-dealkylation sites (tertiary alicyclic amines) is 1. The Hall–Kier alpha value is -1.30. The summed E-state index contributed by atoms with van der Waals surface area (Å²) in [4.78, 5) is 22.6. The molecule has 20 heavy (non-hydrogen) atoms. The maximum Gasteiger partial charge on any atom is 0.256 e. The lowest BCUT2D eigenvalue weighted by atomic mass is 9.98. The number of nitrogens with one attached hydrogen (secondary N) is 1. The minimum atomic E-state index is 0.0515. The number of nitrogens with zero attached hydrogens (tertiary/aromatic N) is 3. The lowest BCUT2D eigenvalue weighted by Gasteiger charge is -2.31. The van der Waals surface area contributed by atoms with Gasteiger partial charge in [0, 0.05) is 32.0 Å². The van der Waals surface area contributed by atoms with Crippen molar-refractivity contribution in [2.45, 2.75) is 19.8 Å². The Balaban J connectivity index is 1.91. The fourth-order valence-electron chi connectivity index (χ4n) is 2.41. The van der Waals surface area contributed by atoms with Crippen molar-refractivity contribution in [3.05, 3.63) is 18.0 Å². The molecule has 0 unspecified atom stereocenters. The molecule has 1 aliphatic heterocycles. The standard InChI is InChI=1S/C14H22N4OS/c1-3-15-14-16-8-12(9-17-14)13(19)18-6-4-11(5-7-18)10-20-2/h8-9,11H,3-7,10H2,1-2H3,(H,15,16,17). The van der Waals surface area contributed by atoms with Crippen molar-refractivity contribution in [3.8, 4) is 0 Å². The van der Waals surface area contributed by atoms with Gasteiger partial charge in [-0.15, -0.1) is 0 Å². The minimum Gasteiger partial charge on any atom is -0.355 e. The molecule has 1 aromatic rings. The second kappa shape index (κ2) is 7.47. The number of piperidine rings is 1. The van der Waals surface area contributed by atoms with Gasteiger partial charge in [-0.25, -0.2) is 9.97 Å². The van der Waals surface area contributed by atoms with Crippen LogP contribution >= 0.6 is 11.8 Å². The van der Waals surface area contributed by atoms with Crippen LogP contribution in [0.25, 0.3) is 0 Å². The van der Waals surface area contributed by atoms with Gasteiger partial charge < -0.3 is 10.2 Å². The fourth-order valence-corrected chi connectivity index (χ4v) is 3.21. The van der Waals surface area contributed by atoms with Crippen molar-refractivity contribution < 1.29 is 4.79 Å². The van der Waals surface area contributed by atoms with E-state index < -0.39 is 0 Å². The number of carbonyl (C=O) groups excluding carboxylic acids is 1. The van der Waals surface area contributed by atoms with Crippen molar-refractivity contribution in [1.29, 1.82) is 0 Å². The van der Waals surface area contributed by atoms with E-state index in [0.717, 1.165) is 38.4 Å². The van der Waals surface area contributed by atoms with Gasteiger partial charge in [0.05, 0.1) is 5.56 Å². The topological polar surface area (TPSA) is 58.1 Å². The second-order valence-corrected chi connectivity index (χ2v) is 5.93. The summed E-state index contributed by atoms with van der Waals surface area (Å²) in [5, 5.41) is 3.02. The van der Waals surface area contributed by atoms with Gasteiger partial charge in [0.2, 0.25) is 5.95 Å². The zero-order chi connectivity index (χ0) is 14.4. The van der Waals surface area contributed by atoms with E-state index in [9.17, 15) is 4.79 Å². The van der Waals surface area contributed by atoms with Crippen LogP contribution in [0, 0.1) is 5.92 Å². The molecule has 0 radical (unpaired) electrons. The van der Waals surface area contributed by atoms with E-state index in [1.54, 1.807) is 12.4 Å². The third-order valence-electron chi connectivity index (χ3n) is 3.54. The molecule has 1 saturated heterocycles. The maximum atomic E-state index is 12.4. The van der Waals surface area contributed by atoms with E-state index in [-0.39, 0.29) is 5.91 Å². The van der Waals surface area contributed by atoms with Crippen LogP contribution in [0.4, 0.5) is 5.95 Å². The summed E-state index contributed by atoms with van der Waals surface area (Å²) in [5.41, 5.74) is 0.579. The first-order valence-corrected chi connectivity index (χ1v) is 8.48. The number of hydrogen-bond acceptors (Lipinski definition) is 5. The molecule has 0 aromatic carbocycles. The lowest BCUT2D eigenvalue weighted by Crippen LogP contribution is -2.39. The van der Waals surface area contributed by atoms with Gasteiger partial charge in [0.15, 0.2) is 0 Å². The van der Waals surface area contributed by atoms with E-state index in [1.165, 1.54) is 5.75 Å². The summed E-state index contributed by atoms with van der Waals surface area (Å²) in [6.07, 6.45) is 7.56. The van der Waals surface area contributed by atoms with Crippen LogP contribution < -0.4 is 5.32 Å². The van der Waals surface area contributed by atoms with Crippen molar-refractivity contribution in [2.24, 2.45) is 5.92 Å². The third kappa shape index (κ3) is 3.85. The Morgan fingerprint density at radius 2 is 2.05 bits per heavy atom. The number of amides is 1. The monoisotopic (exact) mass is 294 g/mol. The number of aromatic nitrogens is 2. The van der Waals surface area contributed by atoms with Gasteiger partial charge in [0.25, 0.3) is 5.91 Å². The average molecular weight is 294 g/mol. The molecule has 0 aliphatic carbocycles. The second-order valence-electron chi connectivity index (χ2n) is 5.02. The van der Waals surface area contributed by atoms with Crippen LogP contribution in [0.2, 0.25) is 0 Å². The molecule has 0 saturated carbocycles. The van der Waals surface area contributed by atoms with Gasteiger partial charge in [-0.1, -0.05) is 0 Å². The molecule has 1 fully saturated rings. The van der Waals surface area contributed by atoms with Crippen molar-refractivity contribution >= 4 is 23.6 Å². The molecule has 0 atom stereocenters. The minimum absolute atomic E-state index is 0.0515. The van der Waals surface area contributed by atoms with E-state index in [0.29, 0.717) is 11.5 Å². The predicted octanol–water partition coefficient (Wildman–Crippen LogP) is 2.12. The van der Waals surface area contributed by atoms with Gasteiger partial charge in [0.1, 0.15) is 0 Å². The zero-order valence-corrected chi connectivity index (χ0v) is 12.9. The van der Waals surface area contributed by atoms with Crippen LogP contribution in [0.5, 0.6) is 0 Å². The molecule has 1 amide bonds. The molecule has 1 aliphatic rings. The van der Waals surface area contributed by atoms with Crippen LogP contribution in [0.1, 0.15) is 30.1 Å². The lowest BCUT2D eigenvalue weighted by molar-refractivity contribution is 0.0698. The summed E-state index contributed by atoms with van der Waals surface area (Å²) in [5.74, 6) is 2.57. The van der Waals surface area contributed by atoms with E-state index in [2.05, 4.69) is 21.5 Å². The number of thioether (sulfide) groups is 1. The predicted molar refractivity (Wildman–Crippen MR) is 83.2 cm³/mol. The van der Waals surface area contributed by atoms with E-state index in [4.69, 9.17) is 0 Å². The smallest absolute Gasteiger partial charge is 0.256 e. The Morgan fingerprint density at radius 3 is 2.60 bits per heavy atom. The van der Waals surface area contributed by atoms with Gasteiger partial charge in [-0.3, -0.25) is 4.79 Å². The SMILES string of the molecule is CCNc1ncc(C(=O)N2CCC(CSC)CC2)cn1. The molecule has 5 nitrogen and oxygen atoms in total. The Kier molecular flexibility index (Phi) is 5.64. The number of anilines is 1. The van der Waals surface area contributed by atoms with Gasteiger partial charge in [-0.2, -0.15) is 11.8 Å². The highest BCUT2D eigenvalue weighted by Gasteiger charge is 2.23. The summed E-state index contributed by atoms with van der Waals surface area (Å²) in [6.45, 7) is 4.45. The normalized spacial score (nSPS) is 16.2. The third-order valence-corrected chi connectivity index (χ3v) is 4.34. The largest absolute Gasteiger partial charge is 0.355 e. The van der Waals surface area contributed by atoms with Crippen molar-refractivity contribution in [3.63, 3.8) is 0 Å². The van der Waals surface area contributed by atoms with Crippen molar-refractivity contribution in [1.82, 2.24) is 14.9 Å². The van der Waals surface area contributed by atoms with Crippen LogP contribution in [0.15, 0.2) is 12.4 Å². The summed E-state index contributed by atoms with van der Waals surface area (Å²) < 4.78 is 0. The Labute approximate surface area is 124 Å². The highest BCUT2D eigenvalue weighted by atomic mass is 32.2. The molecule has 0 bridgehead atoms. The highest BCUT2D eigenvalue weighted by molar-refractivity contribution is 7.98. The number of rotatable bonds is 5. The molecule has 6 heteroatoms. The molecule has 2 heterocycles. The first-order valence-electron chi connectivity index (χ1n) is 7.08. The molecular formula is C14H22N4OS. The summed E-state index contributed by atoms with van der Waals surface area (Å²) in [7, 11) is 0. The summed E-state index contributed by atoms with van der Waals surface area (Å²) >= 11 is 1.89. The number of carbonyl (C=O) groups is 1. The van der Waals surface area contributed by atoms with E-state index >= 15 is 0 Å². The first-order chi connectivity index (χ1) is 9.74. The molecule has 1 aromatic heterocycles. The number of hydrogen-bond donors (Lipinski definition) is 1. The van der Waals surface area contributed by atoms with Crippen LogP contribution in [-0.2, 0) is 0 Å². The first kappa shape index (κ1) is 15.1.